The van der Waals surface area contributed by atoms with Gasteiger partial charge in [-0.3, -0.25) is 10.1 Å². The zero-order valence-electron chi connectivity index (χ0n) is 10.8. The van der Waals surface area contributed by atoms with Gasteiger partial charge in [0.1, 0.15) is 5.69 Å². The maximum Gasteiger partial charge on any atom is 0.292 e. The van der Waals surface area contributed by atoms with Gasteiger partial charge in [-0.05, 0) is 23.8 Å². The van der Waals surface area contributed by atoms with Crippen molar-refractivity contribution in [2.24, 2.45) is 0 Å². The lowest BCUT2D eigenvalue weighted by molar-refractivity contribution is -0.384. The quantitative estimate of drug-likeness (QED) is 0.672. The van der Waals surface area contributed by atoms with Crippen molar-refractivity contribution in [2.45, 2.75) is 6.54 Å². The van der Waals surface area contributed by atoms with Crippen molar-refractivity contribution >= 4 is 27.3 Å². The van der Waals surface area contributed by atoms with E-state index in [9.17, 15) is 10.1 Å². The van der Waals surface area contributed by atoms with Crippen LogP contribution >= 0.6 is 15.9 Å². The Hall–Kier alpha value is -2.28. The van der Waals surface area contributed by atoms with Gasteiger partial charge in [-0.15, -0.1) is 0 Å². The van der Waals surface area contributed by atoms with Gasteiger partial charge in [-0.1, -0.05) is 28.1 Å². The Labute approximate surface area is 129 Å². The number of ether oxygens (including phenoxy) is 2. The van der Waals surface area contributed by atoms with Crippen LogP contribution < -0.4 is 14.8 Å². The van der Waals surface area contributed by atoms with Gasteiger partial charge < -0.3 is 14.8 Å². The second-order valence-corrected chi connectivity index (χ2v) is 5.28. The molecule has 1 N–H and O–H groups in total. The number of hydrogen-bond acceptors (Lipinski definition) is 5. The molecule has 3 rings (SSSR count). The van der Waals surface area contributed by atoms with Gasteiger partial charge in [0, 0.05) is 17.1 Å². The molecule has 0 spiro atoms. The molecule has 0 atom stereocenters. The van der Waals surface area contributed by atoms with Crippen LogP contribution in [0, 0.1) is 10.1 Å². The molecule has 21 heavy (non-hydrogen) atoms. The lowest BCUT2D eigenvalue weighted by Gasteiger charge is -2.09. The maximum absolute atomic E-state index is 11.0. The zero-order chi connectivity index (χ0) is 14.8. The minimum atomic E-state index is -0.406. The van der Waals surface area contributed by atoms with Gasteiger partial charge in [0.25, 0.3) is 5.69 Å². The predicted molar refractivity (Wildman–Crippen MR) is 80.7 cm³/mol. The van der Waals surface area contributed by atoms with E-state index in [0.717, 1.165) is 10.0 Å². The average molecular weight is 351 g/mol. The zero-order valence-corrected chi connectivity index (χ0v) is 12.4. The van der Waals surface area contributed by atoms with E-state index >= 15 is 0 Å². The average Bonchev–Trinajstić information content (AvgIpc) is 2.92. The van der Waals surface area contributed by atoms with Gasteiger partial charge in [0.05, 0.1) is 4.92 Å². The highest BCUT2D eigenvalue weighted by molar-refractivity contribution is 9.10. The molecule has 0 radical (unpaired) electrons. The lowest BCUT2D eigenvalue weighted by atomic mass is 10.2. The summed E-state index contributed by atoms with van der Waals surface area (Å²) in [5.41, 5.74) is 1.46. The third-order valence-corrected chi connectivity index (χ3v) is 3.85. The van der Waals surface area contributed by atoms with E-state index in [-0.39, 0.29) is 12.5 Å². The minimum absolute atomic E-state index is 0.0503. The molecule has 2 aromatic carbocycles. The van der Waals surface area contributed by atoms with E-state index in [0.29, 0.717) is 23.7 Å². The summed E-state index contributed by atoms with van der Waals surface area (Å²) in [5.74, 6) is 1.37. The molecule has 0 aromatic heterocycles. The van der Waals surface area contributed by atoms with E-state index in [1.54, 1.807) is 18.2 Å². The molecule has 0 unspecified atom stereocenters. The number of para-hydroxylation sites is 2. The van der Waals surface area contributed by atoms with Crippen LogP contribution in [0.2, 0.25) is 0 Å². The van der Waals surface area contributed by atoms with E-state index in [1.165, 1.54) is 6.07 Å². The Morgan fingerprint density at radius 3 is 2.71 bits per heavy atom. The maximum atomic E-state index is 11.0. The molecular formula is C14H11BrN2O4. The van der Waals surface area contributed by atoms with Gasteiger partial charge in [-0.2, -0.15) is 0 Å². The molecule has 0 aliphatic carbocycles. The lowest BCUT2D eigenvalue weighted by Crippen LogP contribution is -2.03. The van der Waals surface area contributed by atoms with Gasteiger partial charge in [-0.25, -0.2) is 0 Å². The number of nitrogens with zero attached hydrogens (tertiary/aromatic N) is 1. The SMILES string of the molecule is O=[N+]([O-])c1ccccc1NCc1cc2c(cc1Br)OCO2. The Balaban J connectivity index is 1.81. The van der Waals surface area contributed by atoms with Crippen molar-refractivity contribution in [3.8, 4) is 11.5 Å². The fourth-order valence-electron chi connectivity index (χ4n) is 2.07. The first-order valence-corrected chi connectivity index (χ1v) is 7.00. The van der Waals surface area contributed by atoms with Crippen LogP contribution in [0.25, 0.3) is 0 Å². The standard InChI is InChI=1S/C14H11BrN2O4/c15-10-6-14-13(20-8-21-14)5-9(10)7-16-11-3-1-2-4-12(11)17(18)19/h1-6,16H,7-8H2. The first-order valence-electron chi connectivity index (χ1n) is 6.20. The normalized spacial score (nSPS) is 12.2. The van der Waals surface area contributed by atoms with Crippen LogP contribution in [0.1, 0.15) is 5.56 Å². The summed E-state index contributed by atoms with van der Waals surface area (Å²) in [6.07, 6.45) is 0. The van der Waals surface area contributed by atoms with Crippen LogP contribution in [0.5, 0.6) is 11.5 Å². The number of nitro groups is 1. The number of rotatable bonds is 4. The molecule has 108 valence electrons. The number of nitrogens with one attached hydrogen (secondary N) is 1. The minimum Gasteiger partial charge on any atom is -0.454 e. The van der Waals surface area contributed by atoms with Gasteiger partial charge in [0.15, 0.2) is 11.5 Å². The summed E-state index contributed by atoms with van der Waals surface area (Å²) in [6.45, 7) is 0.644. The number of hydrogen-bond donors (Lipinski definition) is 1. The molecule has 0 amide bonds. The molecule has 1 aliphatic rings. The van der Waals surface area contributed by atoms with Crippen LogP contribution in [0.3, 0.4) is 0 Å². The van der Waals surface area contributed by atoms with Crippen molar-refractivity contribution < 1.29 is 14.4 Å². The van der Waals surface area contributed by atoms with Crippen LogP contribution in [0.15, 0.2) is 40.9 Å². The van der Waals surface area contributed by atoms with Crippen molar-refractivity contribution in [3.63, 3.8) is 0 Å². The number of fused-ring (bicyclic) bond motifs is 1. The fraction of sp³-hybridized carbons (Fsp3) is 0.143. The molecule has 1 aliphatic heterocycles. The highest BCUT2D eigenvalue weighted by atomic mass is 79.9. The summed E-state index contributed by atoms with van der Waals surface area (Å²) in [6, 6.07) is 10.2. The largest absolute Gasteiger partial charge is 0.454 e. The monoisotopic (exact) mass is 350 g/mol. The smallest absolute Gasteiger partial charge is 0.292 e. The highest BCUT2D eigenvalue weighted by Gasteiger charge is 2.17. The molecule has 1 heterocycles. The molecular weight excluding hydrogens is 340 g/mol. The molecule has 0 bridgehead atoms. The summed E-state index contributed by atoms with van der Waals surface area (Å²) >= 11 is 3.46. The summed E-state index contributed by atoms with van der Waals surface area (Å²) in [4.78, 5) is 10.6. The van der Waals surface area contributed by atoms with Crippen LogP contribution in [-0.2, 0) is 6.54 Å². The second kappa shape index (κ2) is 5.61. The Morgan fingerprint density at radius 1 is 1.24 bits per heavy atom. The number of nitro benzene ring substituents is 1. The van der Waals surface area contributed by atoms with Crippen molar-refractivity contribution in [1.82, 2.24) is 0 Å². The van der Waals surface area contributed by atoms with Crippen LogP contribution in [-0.4, -0.2) is 11.7 Å². The Morgan fingerprint density at radius 2 is 1.95 bits per heavy atom. The van der Waals surface area contributed by atoms with Crippen molar-refractivity contribution in [1.29, 1.82) is 0 Å². The van der Waals surface area contributed by atoms with E-state index in [2.05, 4.69) is 21.2 Å². The number of anilines is 1. The van der Waals surface area contributed by atoms with Crippen molar-refractivity contribution in [3.05, 3.63) is 56.5 Å². The Bertz CT molecular complexity index is 705. The van der Waals surface area contributed by atoms with E-state index in [1.807, 2.05) is 12.1 Å². The molecule has 6 nitrogen and oxygen atoms in total. The first-order chi connectivity index (χ1) is 10.1. The fourth-order valence-corrected chi connectivity index (χ4v) is 2.53. The summed E-state index contributed by atoms with van der Waals surface area (Å²) in [7, 11) is 0. The van der Waals surface area contributed by atoms with Gasteiger partial charge in [0.2, 0.25) is 6.79 Å². The summed E-state index contributed by atoms with van der Waals surface area (Å²) < 4.78 is 11.5. The number of halogens is 1. The Kier molecular flexibility index (Phi) is 3.66. The van der Waals surface area contributed by atoms with Crippen LogP contribution in [0.4, 0.5) is 11.4 Å². The first kappa shape index (κ1) is 13.7. The third kappa shape index (κ3) is 2.78. The molecule has 7 heteroatoms. The van der Waals surface area contributed by atoms with Gasteiger partial charge >= 0.3 is 0 Å². The molecule has 2 aromatic rings. The predicted octanol–water partition coefficient (Wildman–Crippen LogP) is 3.70. The molecule has 0 saturated heterocycles. The number of benzene rings is 2. The third-order valence-electron chi connectivity index (χ3n) is 3.11. The second-order valence-electron chi connectivity index (χ2n) is 4.42. The molecule has 0 fully saturated rings. The highest BCUT2D eigenvalue weighted by Crippen LogP contribution is 2.37. The summed E-state index contributed by atoms with van der Waals surface area (Å²) in [5, 5.41) is 14.0. The molecule has 0 saturated carbocycles. The van der Waals surface area contributed by atoms with E-state index < -0.39 is 4.92 Å². The van der Waals surface area contributed by atoms with Crippen molar-refractivity contribution in [2.75, 3.05) is 12.1 Å². The topological polar surface area (TPSA) is 73.6 Å². The van der Waals surface area contributed by atoms with E-state index in [4.69, 9.17) is 9.47 Å².